The molecule has 3 nitrogen and oxygen atoms in total. The smallest absolute Gasteiger partial charge is 0.204 e. The van der Waals surface area contributed by atoms with Crippen LogP contribution in [-0.4, -0.2) is 12.5 Å². The summed E-state index contributed by atoms with van der Waals surface area (Å²) in [6, 6.07) is 0.449. The Kier molecular flexibility index (Phi) is 13.7. The monoisotopic (exact) mass is 146 g/mol. The molecular weight excluding hydrogens is 128 g/mol. The van der Waals surface area contributed by atoms with E-state index in [4.69, 9.17) is 10.5 Å². The first kappa shape index (κ1) is 12.1. The van der Waals surface area contributed by atoms with E-state index >= 15 is 0 Å². The van der Waals surface area contributed by atoms with Gasteiger partial charge in [-0.1, -0.05) is 20.3 Å². The normalized spacial score (nSPS) is 11.1. The molecule has 4 N–H and O–H groups in total. The zero-order valence-electron chi connectivity index (χ0n) is 6.84. The molecule has 0 aliphatic carbocycles. The van der Waals surface area contributed by atoms with Gasteiger partial charge in [0.15, 0.2) is 0 Å². The van der Waals surface area contributed by atoms with Crippen LogP contribution in [0.2, 0.25) is 0 Å². The summed E-state index contributed by atoms with van der Waals surface area (Å²) in [6.07, 6.45) is 3.76. The Morgan fingerprint density at radius 1 is 1.50 bits per heavy atom. The van der Waals surface area contributed by atoms with Crippen molar-refractivity contribution < 1.29 is 4.79 Å². The maximum atomic E-state index is 8.58. The lowest BCUT2D eigenvalue weighted by atomic mass is 10.1. The molecule has 0 rings (SSSR count). The summed E-state index contributed by atoms with van der Waals surface area (Å²) < 4.78 is 0. The number of carbonyl (C=O) groups is 1. The fourth-order valence-electron chi connectivity index (χ4n) is 0.575. The third-order valence-corrected chi connectivity index (χ3v) is 1.18. The van der Waals surface area contributed by atoms with Gasteiger partial charge in [-0.2, -0.15) is 0 Å². The standard InChI is InChI=1S/C6H15N.CH3NO/c1-3-5-6(7)4-2;2-1-3/h6H,3-5,7H2,1-2H3;1H,(H2,2,3). The highest BCUT2D eigenvalue weighted by Gasteiger charge is 1.92. The van der Waals surface area contributed by atoms with Crippen molar-refractivity contribution in [1.82, 2.24) is 0 Å². The lowest BCUT2D eigenvalue weighted by Crippen LogP contribution is -2.17. The maximum Gasteiger partial charge on any atom is 0.204 e. The summed E-state index contributed by atoms with van der Waals surface area (Å²) >= 11 is 0. The second-order valence-corrected chi connectivity index (χ2v) is 2.09. The first-order valence-electron chi connectivity index (χ1n) is 3.63. The fraction of sp³-hybridized carbons (Fsp3) is 0.857. The van der Waals surface area contributed by atoms with Gasteiger partial charge in [-0.3, -0.25) is 4.79 Å². The van der Waals surface area contributed by atoms with Crippen LogP contribution in [0.4, 0.5) is 0 Å². The van der Waals surface area contributed by atoms with Crippen LogP contribution in [0.5, 0.6) is 0 Å². The van der Waals surface area contributed by atoms with Crippen LogP contribution in [0.15, 0.2) is 0 Å². The van der Waals surface area contributed by atoms with Gasteiger partial charge >= 0.3 is 0 Å². The van der Waals surface area contributed by atoms with Gasteiger partial charge in [0.05, 0.1) is 0 Å². The molecule has 0 aliphatic rings. The summed E-state index contributed by atoms with van der Waals surface area (Å²) in [4.78, 5) is 8.58. The summed E-state index contributed by atoms with van der Waals surface area (Å²) in [7, 11) is 0. The van der Waals surface area contributed by atoms with Gasteiger partial charge in [-0.15, -0.1) is 0 Å². The molecule has 1 unspecified atom stereocenters. The summed E-state index contributed by atoms with van der Waals surface area (Å²) in [5.74, 6) is 0. The summed E-state index contributed by atoms with van der Waals surface area (Å²) in [5.41, 5.74) is 9.75. The number of amides is 1. The van der Waals surface area contributed by atoms with Gasteiger partial charge in [0.2, 0.25) is 6.41 Å². The predicted octanol–water partition coefficient (Wildman–Crippen LogP) is 0.625. The number of primary amides is 1. The van der Waals surface area contributed by atoms with Crippen LogP contribution in [-0.2, 0) is 4.79 Å². The number of nitrogens with two attached hydrogens (primary N) is 2. The van der Waals surface area contributed by atoms with E-state index in [-0.39, 0.29) is 6.41 Å². The van der Waals surface area contributed by atoms with E-state index in [9.17, 15) is 0 Å². The maximum absolute atomic E-state index is 8.58. The van der Waals surface area contributed by atoms with Gasteiger partial charge in [0.25, 0.3) is 0 Å². The van der Waals surface area contributed by atoms with Crippen LogP contribution < -0.4 is 11.5 Å². The quantitative estimate of drug-likeness (QED) is 0.573. The molecule has 0 saturated heterocycles. The Morgan fingerprint density at radius 3 is 2.00 bits per heavy atom. The average molecular weight is 146 g/mol. The van der Waals surface area contributed by atoms with Crippen molar-refractivity contribution in [2.24, 2.45) is 11.5 Å². The van der Waals surface area contributed by atoms with E-state index in [1.165, 1.54) is 12.8 Å². The SMILES string of the molecule is CCCC(N)CC.NC=O. The van der Waals surface area contributed by atoms with Crippen LogP contribution in [0.1, 0.15) is 33.1 Å². The van der Waals surface area contributed by atoms with Crippen LogP contribution >= 0.6 is 0 Å². The zero-order chi connectivity index (χ0) is 8.41. The van der Waals surface area contributed by atoms with Crippen LogP contribution in [0, 0.1) is 0 Å². The van der Waals surface area contributed by atoms with Crippen molar-refractivity contribution >= 4 is 6.41 Å². The van der Waals surface area contributed by atoms with Crippen molar-refractivity contribution in [2.75, 3.05) is 0 Å². The molecule has 62 valence electrons. The van der Waals surface area contributed by atoms with Gasteiger partial charge < -0.3 is 11.5 Å². The molecule has 1 atom stereocenters. The van der Waals surface area contributed by atoms with Gasteiger partial charge in [-0.05, 0) is 12.8 Å². The van der Waals surface area contributed by atoms with Gasteiger partial charge in [0, 0.05) is 6.04 Å². The minimum absolute atomic E-state index is 0.250. The molecule has 0 aromatic carbocycles. The van der Waals surface area contributed by atoms with E-state index in [1.807, 2.05) is 0 Å². The van der Waals surface area contributed by atoms with Crippen LogP contribution in [0.3, 0.4) is 0 Å². The molecule has 0 aromatic rings. The highest BCUT2D eigenvalue weighted by atomic mass is 16.1. The Balaban J connectivity index is 0. The molecular formula is C7H18N2O. The van der Waals surface area contributed by atoms with E-state index in [0.29, 0.717) is 6.04 Å². The van der Waals surface area contributed by atoms with Crippen molar-refractivity contribution in [2.45, 2.75) is 39.2 Å². The second-order valence-electron chi connectivity index (χ2n) is 2.09. The lowest BCUT2D eigenvalue weighted by Gasteiger charge is -2.03. The topological polar surface area (TPSA) is 69.1 Å². The average Bonchev–Trinajstić information content (AvgIpc) is 1.90. The molecule has 0 saturated carbocycles. The highest BCUT2D eigenvalue weighted by Crippen LogP contribution is 1.95. The molecule has 0 aliphatic heterocycles. The minimum Gasteiger partial charge on any atom is -0.372 e. The first-order chi connectivity index (χ1) is 4.72. The molecule has 0 bridgehead atoms. The fourth-order valence-corrected chi connectivity index (χ4v) is 0.575. The zero-order valence-corrected chi connectivity index (χ0v) is 6.84. The third-order valence-electron chi connectivity index (χ3n) is 1.18. The molecule has 0 aromatic heterocycles. The summed E-state index contributed by atoms with van der Waals surface area (Å²) in [5, 5.41) is 0. The molecule has 0 fully saturated rings. The minimum atomic E-state index is 0.250. The Bertz CT molecular complexity index is 66.6. The first-order valence-corrected chi connectivity index (χ1v) is 3.63. The molecule has 0 heterocycles. The second kappa shape index (κ2) is 11.3. The van der Waals surface area contributed by atoms with Gasteiger partial charge in [0.1, 0.15) is 0 Å². The van der Waals surface area contributed by atoms with Crippen LogP contribution in [0.25, 0.3) is 0 Å². The number of hydrogen-bond acceptors (Lipinski definition) is 2. The highest BCUT2D eigenvalue weighted by molar-refractivity contribution is 5.42. The number of rotatable bonds is 3. The third kappa shape index (κ3) is 15.7. The number of carbonyl (C=O) groups excluding carboxylic acids is 1. The Morgan fingerprint density at radius 2 is 1.90 bits per heavy atom. The summed E-state index contributed by atoms with van der Waals surface area (Å²) in [6.45, 7) is 4.29. The molecule has 10 heavy (non-hydrogen) atoms. The molecule has 0 spiro atoms. The van der Waals surface area contributed by atoms with Crippen molar-refractivity contribution in [3.8, 4) is 0 Å². The lowest BCUT2D eigenvalue weighted by molar-refractivity contribution is -0.106. The molecule has 3 heteroatoms. The number of hydrogen-bond donors (Lipinski definition) is 2. The largest absolute Gasteiger partial charge is 0.372 e. The van der Waals surface area contributed by atoms with E-state index in [0.717, 1.165) is 6.42 Å². The molecule has 0 radical (unpaired) electrons. The predicted molar refractivity (Wildman–Crippen MR) is 43.4 cm³/mol. The van der Waals surface area contributed by atoms with E-state index in [1.54, 1.807) is 0 Å². The van der Waals surface area contributed by atoms with Crippen molar-refractivity contribution in [3.05, 3.63) is 0 Å². The van der Waals surface area contributed by atoms with Gasteiger partial charge in [-0.25, -0.2) is 0 Å². The Labute approximate surface area is 62.8 Å². The van der Waals surface area contributed by atoms with Crippen molar-refractivity contribution in [3.63, 3.8) is 0 Å². The van der Waals surface area contributed by atoms with Crippen molar-refractivity contribution in [1.29, 1.82) is 0 Å². The van der Waals surface area contributed by atoms with E-state index < -0.39 is 0 Å². The Hall–Kier alpha value is -0.570. The molecule has 1 amide bonds. The van der Waals surface area contributed by atoms with E-state index in [2.05, 4.69) is 19.6 Å².